The second kappa shape index (κ2) is 7.31. The molecule has 2 heterocycles. The Hall–Kier alpha value is -3.40. The van der Waals surface area contributed by atoms with Gasteiger partial charge in [0.05, 0.1) is 6.20 Å². The first-order valence-electron chi connectivity index (χ1n) is 9.41. The number of aryl methyl sites for hydroxylation is 3. The summed E-state index contributed by atoms with van der Waals surface area (Å²) in [6.07, 6.45) is 3.63. The number of aromatic hydroxyl groups is 1. The van der Waals surface area contributed by atoms with Crippen molar-refractivity contribution >= 4 is 16.7 Å². The van der Waals surface area contributed by atoms with Gasteiger partial charge in [-0.25, -0.2) is 4.98 Å². The van der Waals surface area contributed by atoms with E-state index in [-0.39, 0.29) is 11.8 Å². The number of hydrogen-bond acceptors (Lipinski definition) is 3. The fourth-order valence-electron chi connectivity index (χ4n) is 3.59. The van der Waals surface area contributed by atoms with E-state index in [1.165, 1.54) is 5.56 Å². The van der Waals surface area contributed by atoms with Crippen molar-refractivity contribution in [3.8, 4) is 5.75 Å². The highest BCUT2D eigenvalue weighted by molar-refractivity contribution is 5.86. The SMILES string of the molecule is Cc1cc[nH+]c(N[C@H](c2cc(C)ccc2C)c2ccc3cccnc3c2O)c1. The summed E-state index contributed by atoms with van der Waals surface area (Å²) in [6, 6.07) is 18.1. The van der Waals surface area contributed by atoms with Gasteiger partial charge in [0, 0.05) is 28.8 Å². The van der Waals surface area contributed by atoms with Crippen LogP contribution < -0.4 is 10.3 Å². The minimum atomic E-state index is -0.218. The maximum atomic E-state index is 11.1. The fourth-order valence-corrected chi connectivity index (χ4v) is 3.59. The van der Waals surface area contributed by atoms with Crippen molar-refractivity contribution in [3.05, 3.63) is 94.8 Å². The highest BCUT2D eigenvalue weighted by atomic mass is 16.3. The number of pyridine rings is 2. The minimum absolute atomic E-state index is 0.212. The van der Waals surface area contributed by atoms with Crippen LogP contribution in [0.2, 0.25) is 0 Å². The molecule has 0 radical (unpaired) electrons. The fraction of sp³-hybridized carbons (Fsp3) is 0.167. The Bertz CT molecular complexity index is 1150. The van der Waals surface area contributed by atoms with Crippen LogP contribution in [-0.4, -0.2) is 10.1 Å². The number of anilines is 1. The Kier molecular flexibility index (Phi) is 4.70. The van der Waals surface area contributed by atoms with Crippen LogP contribution in [0.25, 0.3) is 10.9 Å². The van der Waals surface area contributed by atoms with Crippen molar-refractivity contribution in [2.24, 2.45) is 0 Å². The molecule has 0 aliphatic rings. The predicted molar refractivity (Wildman–Crippen MR) is 113 cm³/mol. The molecule has 2 aromatic heterocycles. The smallest absolute Gasteiger partial charge is 0.273 e. The Labute approximate surface area is 164 Å². The zero-order valence-electron chi connectivity index (χ0n) is 16.3. The molecule has 0 aliphatic heterocycles. The van der Waals surface area contributed by atoms with Gasteiger partial charge in [0.25, 0.3) is 5.82 Å². The number of phenols is 1. The largest absolute Gasteiger partial charge is 0.505 e. The van der Waals surface area contributed by atoms with E-state index in [2.05, 4.69) is 60.3 Å². The lowest BCUT2D eigenvalue weighted by atomic mass is 9.92. The third kappa shape index (κ3) is 3.41. The standard InChI is InChI=1S/C24H23N3O/c1-15-6-7-17(3)20(13-15)23(27-21-14-16(2)10-12-25-21)19-9-8-18-5-4-11-26-22(18)24(19)28/h4-14,23,28H,1-3H3,(H,25,27)/p+1/t23-/m0/s1. The van der Waals surface area contributed by atoms with Gasteiger partial charge in [-0.3, -0.25) is 10.3 Å². The topological polar surface area (TPSA) is 59.3 Å². The van der Waals surface area contributed by atoms with Crippen LogP contribution in [-0.2, 0) is 0 Å². The number of H-pyrrole nitrogens is 1. The number of nitrogens with zero attached hydrogens (tertiary/aromatic N) is 1. The molecule has 0 aliphatic carbocycles. The zero-order chi connectivity index (χ0) is 19.7. The van der Waals surface area contributed by atoms with E-state index < -0.39 is 0 Å². The Balaban J connectivity index is 1.90. The van der Waals surface area contributed by atoms with Crippen molar-refractivity contribution in [1.82, 2.24) is 4.98 Å². The summed E-state index contributed by atoms with van der Waals surface area (Å²) in [5.74, 6) is 1.11. The second-order valence-corrected chi connectivity index (χ2v) is 7.30. The van der Waals surface area contributed by atoms with Gasteiger partial charge in [0.15, 0.2) is 0 Å². The average Bonchev–Trinajstić information content (AvgIpc) is 2.69. The van der Waals surface area contributed by atoms with E-state index in [4.69, 9.17) is 0 Å². The zero-order valence-corrected chi connectivity index (χ0v) is 16.3. The summed E-state index contributed by atoms with van der Waals surface area (Å²) < 4.78 is 0. The molecular weight excluding hydrogens is 346 g/mol. The summed E-state index contributed by atoms with van der Waals surface area (Å²) >= 11 is 0. The highest BCUT2D eigenvalue weighted by Crippen LogP contribution is 2.37. The van der Waals surface area contributed by atoms with Crippen LogP contribution in [0, 0.1) is 20.8 Å². The van der Waals surface area contributed by atoms with E-state index in [9.17, 15) is 5.11 Å². The number of rotatable bonds is 4. The molecule has 4 aromatic rings. The van der Waals surface area contributed by atoms with Crippen molar-refractivity contribution in [2.45, 2.75) is 26.8 Å². The molecular formula is C24H24N3O+. The van der Waals surface area contributed by atoms with Gasteiger partial charge in [-0.1, -0.05) is 35.9 Å². The molecule has 28 heavy (non-hydrogen) atoms. The van der Waals surface area contributed by atoms with Crippen LogP contribution in [0.15, 0.2) is 67.0 Å². The van der Waals surface area contributed by atoms with Gasteiger partial charge >= 0.3 is 0 Å². The van der Waals surface area contributed by atoms with E-state index in [0.29, 0.717) is 5.52 Å². The van der Waals surface area contributed by atoms with E-state index in [1.54, 1.807) is 6.20 Å². The van der Waals surface area contributed by atoms with Crippen LogP contribution in [0.3, 0.4) is 0 Å². The third-order valence-corrected chi connectivity index (χ3v) is 5.09. The lowest BCUT2D eigenvalue weighted by Crippen LogP contribution is -2.20. The molecule has 0 spiro atoms. The molecule has 4 nitrogen and oxygen atoms in total. The number of phenolic OH excluding ortho intramolecular Hbond substituents is 1. The monoisotopic (exact) mass is 370 g/mol. The number of nitrogens with one attached hydrogen (secondary N) is 2. The van der Waals surface area contributed by atoms with Gasteiger partial charge in [0.1, 0.15) is 17.3 Å². The summed E-state index contributed by atoms with van der Waals surface area (Å²) in [5, 5.41) is 15.6. The number of aromatic amines is 1. The summed E-state index contributed by atoms with van der Waals surface area (Å²) in [6.45, 7) is 6.24. The molecule has 1 atom stereocenters. The van der Waals surface area contributed by atoms with Crippen LogP contribution >= 0.6 is 0 Å². The quantitative estimate of drug-likeness (QED) is 0.538. The minimum Gasteiger partial charge on any atom is -0.505 e. The molecule has 2 aromatic carbocycles. The maximum Gasteiger partial charge on any atom is 0.273 e. The predicted octanol–water partition coefficient (Wildman–Crippen LogP) is 4.88. The van der Waals surface area contributed by atoms with Gasteiger partial charge in [-0.2, -0.15) is 0 Å². The average molecular weight is 370 g/mol. The van der Waals surface area contributed by atoms with Gasteiger partial charge in [-0.05, 0) is 50.1 Å². The molecule has 0 saturated heterocycles. The molecule has 0 bridgehead atoms. The second-order valence-electron chi connectivity index (χ2n) is 7.30. The molecule has 0 amide bonds. The summed E-state index contributed by atoms with van der Waals surface area (Å²) in [7, 11) is 0. The normalized spacial score (nSPS) is 12.1. The van der Waals surface area contributed by atoms with E-state index >= 15 is 0 Å². The molecule has 0 saturated carbocycles. The Morgan fingerprint density at radius 1 is 0.929 bits per heavy atom. The molecule has 140 valence electrons. The summed E-state index contributed by atoms with van der Waals surface area (Å²) in [4.78, 5) is 7.65. The lowest BCUT2D eigenvalue weighted by Gasteiger charge is -2.20. The number of fused-ring (bicyclic) bond motifs is 1. The first kappa shape index (κ1) is 18.0. The van der Waals surface area contributed by atoms with Crippen molar-refractivity contribution in [3.63, 3.8) is 0 Å². The van der Waals surface area contributed by atoms with Crippen LogP contribution in [0.1, 0.15) is 33.9 Å². The van der Waals surface area contributed by atoms with Gasteiger partial charge in [-0.15, -0.1) is 0 Å². The first-order valence-corrected chi connectivity index (χ1v) is 9.41. The van der Waals surface area contributed by atoms with E-state index in [1.807, 2.05) is 36.5 Å². The highest BCUT2D eigenvalue weighted by Gasteiger charge is 2.25. The maximum absolute atomic E-state index is 11.1. The van der Waals surface area contributed by atoms with E-state index in [0.717, 1.165) is 33.5 Å². The van der Waals surface area contributed by atoms with Crippen molar-refractivity contribution in [1.29, 1.82) is 0 Å². The number of benzene rings is 2. The summed E-state index contributed by atoms with van der Waals surface area (Å²) in [5.41, 5.74) is 6.04. The third-order valence-electron chi connectivity index (χ3n) is 5.09. The molecule has 0 fully saturated rings. The molecule has 0 unspecified atom stereocenters. The van der Waals surface area contributed by atoms with Crippen LogP contribution in [0.5, 0.6) is 5.75 Å². The van der Waals surface area contributed by atoms with Gasteiger partial charge < -0.3 is 5.11 Å². The number of aromatic nitrogens is 2. The van der Waals surface area contributed by atoms with Crippen molar-refractivity contribution < 1.29 is 10.1 Å². The first-order chi connectivity index (χ1) is 13.5. The Morgan fingerprint density at radius 2 is 1.75 bits per heavy atom. The molecule has 3 N–H and O–H groups in total. The Morgan fingerprint density at radius 3 is 2.57 bits per heavy atom. The van der Waals surface area contributed by atoms with Gasteiger partial charge in [0.2, 0.25) is 0 Å². The molecule has 4 rings (SSSR count). The number of hydrogen-bond donors (Lipinski definition) is 2. The lowest BCUT2D eigenvalue weighted by molar-refractivity contribution is -0.361. The van der Waals surface area contributed by atoms with Crippen LogP contribution in [0.4, 0.5) is 5.82 Å². The van der Waals surface area contributed by atoms with Crippen molar-refractivity contribution in [2.75, 3.05) is 5.32 Å². The molecule has 4 heteroatoms.